The zero-order chi connectivity index (χ0) is 28.5. The van der Waals surface area contributed by atoms with Gasteiger partial charge in [0.05, 0.1) is 12.4 Å². The summed E-state index contributed by atoms with van der Waals surface area (Å²) in [6, 6.07) is 14.6. The molecule has 1 aliphatic heterocycles. The topological polar surface area (TPSA) is 120 Å². The third-order valence-electron chi connectivity index (χ3n) is 7.76. The molecular weight excluding hydrogens is 528 g/mol. The lowest BCUT2D eigenvalue weighted by Crippen LogP contribution is -2.57. The highest BCUT2D eigenvalue weighted by Crippen LogP contribution is 2.25. The molecule has 2 fully saturated rings. The van der Waals surface area contributed by atoms with E-state index in [9.17, 15) is 18.3 Å². The molecule has 4 rings (SSSR count). The number of aliphatic hydroxyl groups is 1. The van der Waals surface area contributed by atoms with Crippen LogP contribution in [0.1, 0.15) is 63.9 Å². The molecule has 0 spiro atoms. The van der Waals surface area contributed by atoms with Crippen molar-refractivity contribution in [3.63, 3.8) is 0 Å². The van der Waals surface area contributed by atoms with E-state index in [4.69, 9.17) is 4.74 Å². The van der Waals surface area contributed by atoms with E-state index in [0.717, 1.165) is 64.4 Å². The number of anilines is 1. The Labute approximate surface area is 238 Å². The van der Waals surface area contributed by atoms with Crippen molar-refractivity contribution in [2.75, 3.05) is 24.1 Å². The number of hydrogen-bond donors (Lipinski definition) is 4. The highest BCUT2D eigenvalue weighted by atomic mass is 32.2. The lowest BCUT2D eigenvalue weighted by Gasteiger charge is -2.36. The van der Waals surface area contributed by atoms with Crippen molar-refractivity contribution in [1.29, 1.82) is 0 Å². The van der Waals surface area contributed by atoms with Crippen LogP contribution in [-0.4, -0.2) is 67.9 Å². The fourth-order valence-electron chi connectivity index (χ4n) is 5.51. The van der Waals surface area contributed by atoms with E-state index in [-0.39, 0.29) is 18.0 Å². The Balaban J connectivity index is 1.23. The summed E-state index contributed by atoms with van der Waals surface area (Å²) < 4.78 is 31.1. The molecule has 2 aliphatic rings. The Morgan fingerprint density at radius 1 is 0.950 bits per heavy atom. The number of nitrogens with zero attached hydrogens (tertiary/aromatic N) is 1. The molecule has 9 nitrogen and oxygen atoms in total. The predicted molar refractivity (Wildman–Crippen MR) is 158 cm³/mol. The van der Waals surface area contributed by atoms with Gasteiger partial charge >= 0.3 is 0 Å². The van der Waals surface area contributed by atoms with Gasteiger partial charge in [-0.25, -0.2) is 8.42 Å². The first kappa shape index (κ1) is 30.3. The number of hydrogen-bond acceptors (Lipinski definition) is 7. The molecule has 40 heavy (non-hydrogen) atoms. The summed E-state index contributed by atoms with van der Waals surface area (Å²) in [6.45, 7) is 4.59. The van der Waals surface area contributed by atoms with E-state index in [1.807, 2.05) is 19.1 Å². The van der Waals surface area contributed by atoms with Gasteiger partial charge in [-0.2, -0.15) is 0 Å². The molecule has 4 N–H and O–H groups in total. The van der Waals surface area contributed by atoms with E-state index < -0.39 is 22.2 Å². The van der Waals surface area contributed by atoms with Gasteiger partial charge in [-0.3, -0.25) is 14.4 Å². The number of rotatable bonds is 12. The molecule has 1 saturated heterocycles. The Kier molecular flexibility index (Phi) is 10.8. The number of piperidine rings is 1. The second-order valence-electron chi connectivity index (χ2n) is 11.2. The maximum absolute atomic E-state index is 13.0. The van der Waals surface area contributed by atoms with Crippen LogP contribution in [0.2, 0.25) is 0 Å². The molecule has 2 unspecified atom stereocenters. The van der Waals surface area contributed by atoms with Crippen LogP contribution >= 0.6 is 0 Å². The summed E-state index contributed by atoms with van der Waals surface area (Å²) in [5.41, 5.74) is 1.68. The van der Waals surface area contributed by atoms with Crippen LogP contribution in [0.4, 0.5) is 5.69 Å². The van der Waals surface area contributed by atoms with Gasteiger partial charge in [-0.15, -0.1) is 0 Å². The summed E-state index contributed by atoms with van der Waals surface area (Å²) in [7, 11) is -3.31. The van der Waals surface area contributed by atoms with E-state index in [0.29, 0.717) is 23.6 Å². The predicted octanol–water partition coefficient (Wildman–Crippen LogP) is 3.99. The van der Waals surface area contributed by atoms with Crippen LogP contribution in [-0.2, 0) is 21.4 Å². The molecule has 1 heterocycles. The average molecular weight is 573 g/mol. The molecule has 220 valence electrons. The normalized spacial score (nSPS) is 19.1. The molecule has 2 aromatic carbocycles. The average Bonchev–Trinajstić information content (AvgIpc) is 2.94. The first-order chi connectivity index (χ1) is 19.2. The monoisotopic (exact) mass is 572 g/mol. The van der Waals surface area contributed by atoms with Gasteiger partial charge in [0.25, 0.3) is 0 Å². The lowest BCUT2D eigenvalue weighted by molar-refractivity contribution is -0.127. The minimum absolute atomic E-state index is 0.0625. The van der Waals surface area contributed by atoms with E-state index in [1.54, 1.807) is 24.3 Å². The molecule has 1 saturated carbocycles. The summed E-state index contributed by atoms with van der Waals surface area (Å²) in [5.74, 6) is 1.27. The smallest absolute Gasteiger partial charge is 0.240 e. The number of benzene rings is 2. The Bertz CT molecular complexity index is 1180. The first-order valence-electron chi connectivity index (χ1n) is 14.5. The fraction of sp³-hybridized carbons (Fsp3) is 0.567. The van der Waals surface area contributed by atoms with Crippen LogP contribution in [0.3, 0.4) is 0 Å². The van der Waals surface area contributed by atoms with Gasteiger partial charge in [-0.1, -0.05) is 38.3 Å². The van der Waals surface area contributed by atoms with Gasteiger partial charge in [0.1, 0.15) is 17.5 Å². The molecule has 2 aromatic rings. The number of sulfonamides is 1. The summed E-state index contributed by atoms with van der Waals surface area (Å²) in [5, 5.41) is 17.3. The first-order valence-corrected chi connectivity index (χ1v) is 16.4. The Hall–Kier alpha value is -2.66. The Morgan fingerprint density at radius 3 is 2.12 bits per heavy atom. The maximum atomic E-state index is 13.0. The zero-order valence-corrected chi connectivity index (χ0v) is 24.5. The third kappa shape index (κ3) is 9.47. The van der Waals surface area contributed by atoms with E-state index >= 15 is 0 Å². The second kappa shape index (κ2) is 14.3. The number of carbonyl (C=O) groups is 1. The van der Waals surface area contributed by atoms with Gasteiger partial charge in [0, 0.05) is 24.3 Å². The van der Waals surface area contributed by atoms with E-state index in [1.165, 1.54) is 12.0 Å². The van der Waals surface area contributed by atoms with Crippen molar-refractivity contribution in [3.05, 3.63) is 54.1 Å². The van der Waals surface area contributed by atoms with Crippen molar-refractivity contribution in [3.8, 4) is 11.5 Å². The van der Waals surface area contributed by atoms with Crippen LogP contribution in [0.5, 0.6) is 11.5 Å². The minimum atomic E-state index is -3.31. The summed E-state index contributed by atoms with van der Waals surface area (Å²) >= 11 is 0. The van der Waals surface area contributed by atoms with Crippen molar-refractivity contribution < 1.29 is 23.1 Å². The van der Waals surface area contributed by atoms with Crippen molar-refractivity contribution in [2.45, 2.75) is 89.1 Å². The minimum Gasteiger partial charge on any atom is -0.457 e. The molecule has 0 aromatic heterocycles. The zero-order valence-electron chi connectivity index (χ0n) is 23.6. The summed E-state index contributed by atoms with van der Waals surface area (Å²) in [4.78, 5) is 15.4. The SMILES string of the molecule is CCC(O)C(NC1CCN(Cc2ccc(Oc3ccc(NS(C)(=O)=O)cc3)cc2)CC1)C(=O)NC1CCCCC1. The number of amides is 1. The number of aliphatic hydroxyl groups excluding tert-OH is 1. The largest absolute Gasteiger partial charge is 0.457 e. The molecule has 0 bridgehead atoms. The van der Waals surface area contributed by atoms with Crippen LogP contribution in [0.25, 0.3) is 0 Å². The number of carbonyl (C=O) groups excluding carboxylic acids is 1. The second-order valence-corrected chi connectivity index (χ2v) is 12.9. The Morgan fingerprint density at radius 2 is 1.55 bits per heavy atom. The molecule has 10 heteroatoms. The van der Waals surface area contributed by atoms with Crippen LogP contribution in [0.15, 0.2) is 48.5 Å². The summed E-state index contributed by atoms with van der Waals surface area (Å²) in [6.07, 6.45) is 8.45. The quantitative estimate of drug-likeness (QED) is 0.304. The van der Waals surface area contributed by atoms with Crippen LogP contribution in [0, 0.1) is 0 Å². The van der Waals surface area contributed by atoms with E-state index in [2.05, 4.69) is 32.4 Å². The van der Waals surface area contributed by atoms with Gasteiger partial charge in [0.15, 0.2) is 0 Å². The molecule has 0 radical (unpaired) electrons. The molecule has 2 atom stereocenters. The molecule has 1 aliphatic carbocycles. The highest BCUT2D eigenvalue weighted by Gasteiger charge is 2.31. The lowest BCUT2D eigenvalue weighted by atomic mass is 9.94. The van der Waals surface area contributed by atoms with Gasteiger partial charge in [-0.05, 0) is 87.2 Å². The number of nitrogens with one attached hydrogen (secondary N) is 3. The highest BCUT2D eigenvalue weighted by molar-refractivity contribution is 7.92. The van der Waals surface area contributed by atoms with Crippen LogP contribution < -0.4 is 20.1 Å². The van der Waals surface area contributed by atoms with Gasteiger partial charge < -0.3 is 20.5 Å². The third-order valence-corrected chi connectivity index (χ3v) is 8.37. The fourth-order valence-corrected chi connectivity index (χ4v) is 6.07. The molecular formula is C30H44N4O5S. The maximum Gasteiger partial charge on any atom is 0.240 e. The number of likely N-dealkylation sites (tertiary alicyclic amines) is 1. The molecule has 1 amide bonds. The van der Waals surface area contributed by atoms with Crippen molar-refractivity contribution >= 4 is 21.6 Å². The van der Waals surface area contributed by atoms with Crippen molar-refractivity contribution in [1.82, 2.24) is 15.5 Å². The number of ether oxygens (including phenoxy) is 1. The van der Waals surface area contributed by atoms with Crippen molar-refractivity contribution in [2.24, 2.45) is 0 Å². The standard InChI is InChI=1S/C30H44N4O5S/c1-3-28(35)29(30(36)32-23-7-5-4-6-8-23)31-24-17-19-34(20-18-24)21-22-9-13-26(14-10-22)39-27-15-11-25(12-16-27)33-40(2,37)38/h9-16,23-24,28-29,31,33,35H,3-8,17-21H2,1-2H3,(H,32,36). The van der Waals surface area contributed by atoms with Gasteiger partial charge in [0.2, 0.25) is 15.9 Å².